The van der Waals surface area contributed by atoms with Crippen LogP contribution in [-0.2, 0) is 6.42 Å². The molecule has 1 unspecified atom stereocenters. The third-order valence-electron chi connectivity index (χ3n) is 2.55. The largest absolute Gasteiger partial charge is 0.314 e. The lowest BCUT2D eigenvalue weighted by atomic mass is 10.1. The number of rotatable bonds is 6. The molecule has 0 heterocycles. The SMILES string of the molecule is CCCNC(C)CCc1ccccc1Cl. The maximum absolute atomic E-state index is 6.09. The van der Waals surface area contributed by atoms with Gasteiger partial charge >= 0.3 is 0 Å². The molecule has 0 saturated carbocycles. The number of hydrogen-bond acceptors (Lipinski definition) is 1. The van der Waals surface area contributed by atoms with Crippen LogP contribution in [0.5, 0.6) is 0 Å². The molecule has 1 aromatic rings. The Morgan fingerprint density at radius 1 is 1.33 bits per heavy atom. The number of benzene rings is 1. The van der Waals surface area contributed by atoms with Gasteiger partial charge in [0.15, 0.2) is 0 Å². The fourth-order valence-electron chi connectivity index (χ4n) is 1.57. The van der Waals surface area contributed by atoms with Gasteiger partial charge in [-0.3, -0.25) is 0 Å². The van der Waals surface area contributed by atoms with Crippen molar-refractivity contribution in [3.63, 3.8) is 0 Å². The quantitative estimate of drug-likeness (QED) is 0.779. The Bertz CT molecular complexity index is 286. The highest BCUT2D eigenvalue weighted by Crippen LogP contribution is 2.17. The van der Waals surface area contributed by atoms with E-state index in [1.807, 2.05) is 18.2 Å². The zero-order chi connectivity index (χ0) is 11.1. The molecule has 0 amide bonds. The molecule has 1 N–H and O–H groups in total. The van der Waals surface area contributed by atoms with Gasteiger partial charge in [0.2, 0.25) is 0 Å². The van der Waals surface area contributed by atoms with Crippen molar-refractivity contribution in [2.75, 3.05) is 6.54 Å². The van der Waals surface area contributed by atoms with Gasteiger partial charge in [-0.15, -0.1) is 0 Å². The first kappa shape index (κ1) is 12.5. The summed E-state index contributed by atoms with van der Waals surface area (Å²) in [6.07, 6.45) is 3.39. The lowest BCUT2D eigenvalue weighted by Gasteiger charge is -2.13. The zero-order valence-electron chi connectivity index (χ0n) is 9.59. The van der Waals surface area contributed by atoms with Crippen molar-refractivity contribution in [1.29, 1.82) is 0 Å². The fourth-order valence-corrected chi connectivity index (χ4v) is 1.80. The van der Waals surface area contributed by atoms with Crippen molar-refractivity contribution >= 4 is 11.6 Å². The maximum atomic E-state index is 6.09. The zero-order valence-corrected chi connectivity index (χ0v) is 10.3. The van der Waals surface area contributed by atoms with E-state index < -0.39 is 0 Å². The number of hydrogen-bond donors (Lipinski definition) is 1. The Balaban J connectivity index is 2.33. The topological polar surface area (TPSA) is 12.0 Å². The van der Waals surface area contributed by atoms with Gasteiger partial charge in [-0.05, 0) is 44.4 Å². The second-order valence-electron chi connectivity index (χ2n) is 3.99. The van der Waals surface area contributed by atoms with Crippen LogP contribution >= 0.6 is 11.6 Å². The molecular formula is C13H20ClN. The van der Waals surface area contributed by atoms with Crippen LogP contribution in [-0.4, -0.2) is 12.6 Å². The van der Waals surface area contributed by atoms with E-state index in [2.05, 4.69) is 25.2 Å². The summed E-state index contributed by atoms with van der Waals surface area (Å²) >= 11 is 6.09. The first-order chi connectivity index (χ1) is 7.24. The molecule has 2 heteroatoms. The van der Waals surface area contributed by atoms with E-state index in [1.165, 1.54) is 12.0 Å². The van der Waals surface area contributed by atoms with Crippen LogP contribution in [0.4, 0.5) is 0 Å². The molecule has 1 atom stereocenters. The van der Waals surface area contributed by atoms with Crippen molar-refractivity contribution < 1.29 is 0 Å². The predicted molar refractivity (Wildman–Crippen MR) is 67.5 cm³/mol. The van der Waals surface area contributed by atoms with Crippen LogP contribution in [0.15, 0.2) is 24.3 Å². The van der Waals surface area contributed by atoms with E-state index in [0.717, 1.165) is 24.4 Å². The molecule has 1 nitrogen and oxygen atoms in total. The standard InChI is InChI=1S/C13H20ClN/c1-3-10-15-11(2)8-9-12-6-4-5-7-13(12)14/h4-7,11,15H,3,8-10H2,1-2H3. The summed E-state index contributed by atoms with van der Waals surface area (Å²) in [5, 5.41) is 4.37. The van der Waals surface area contributed by atoms with E-state index in [4.69, 9.17) is 11.6 Å². The van der Waals surface area contributed by atoms with Crippen molar-refractivity contribution in [2.45, 2.75) is 39.2 Å². The highest BCUT2D eigenvalue weighted by Gasteiger charge is 2.03. The number of nitrogens with one attached hydrogen (secondary N) is 1. The van der Waals surface area contributed by atoms with Gasteiger partial charge in [-0.2, -0.15) is 0 Å². The third-order valence-corrected chi connectivity index (χ3v) is 2.92. The summed E-state index contributed by atoms with van der Waals surface area (Å²) in [5.41, 5.74) is 1.25. The highest BCUT2D eigenvalue weighted by atomic mass is 35.5. The molecule has 0 aliphatic carbocycles. The van der Waals surface area contributed by atoms with Crippen molar-refractivity contribution in [2.24, 2.45) is 0 Å². The summed E-state index contributed by atoms with van der Waals surface area (Å²) in [7, 11) is 0. The minimum atomic E-state index is 0.571. The summed E-state index contributed by atoms with van der Waals surface area (Å²) in [6, 6.07) is 8.66. The van der Waals surface area contributed by atoms with Crippen molar-refractivity contribution in [1.82, 2.24) is 5.32 Å². The number of aryl methyl sites for hydroxylation is 1. The molecule has 0 spiro atoms. The van der Waals surface area contributed by atoms with E-state index in [9.17, 15) is 0 Å². The monoisotopic (exact) mass is 225 g/mol. The Morgan fingerprint density at radius 3 is 2.73 bits per heavy atom. The fraction of sp³-hybridized carbons (Fsp3) is 0.538. The molecule has 1 rings (SSSR count). The highest BCUT2D eigenvalue weighted by molar-refractivity contribution is 6.31. The first-order valence-corrected chi connectivity index (χ1v) is 6.08. The lowest BCUT2D eigenvalue weighted by Crippen LogP contribution is -2.27. The van der Waals surface area contributed by atoms with E-state index in [0.29, 0.717) is 6.04 Å². The summed E-state index contributed by atoms with van der Waals surface area (Å²) in [6.45, 7) is 5.52. The minimum absolute atomic E-state index is 0.571. The Morgan fingerprint density at radius 2 is 2.07 bits per heavy atom. The van der Waals surface area contributed by atoms with Crippen LogP contribution in [0.2, 0.25) is 5.02 Å². The van der Waals surface area contributed by atoms with Gasteiger partial charge in [-0.25, -0.2) is 0 Å². The normalized spacial score (nSPS) is 12.7. The van der Waals surface area contributed by atoms with Gasteiger partial charge in [-0.1, -0.05) is 36.7 Å². The van der Waals surface area contributed by atoms with E-state index >= 15 is 0 Å². The lowest BCUT2D eigenvalue weighted by molar-refractivity contribution is 0.514. The molecule has 0 fully saturated rings. The molecule has 15 heavy (non-hydrogen) atoms. The first-order valence-electron chi connectivity index (χ1n) is 5.70. The van der Waals surface area contributed by atoms with E-state index in [1.54, 1.807) is 0 Å². The third kappa shape index (κ3) is 4.67. The summed E-state index contributed by atoms with van der Waals surface area (Å²) in [4.78, 5) is 0. The average Bonchev–Trinajstić information content (AvgIpc) is 2.25. The van der Waals surface area contributed by atoms with Crippen LogP contribution in [0, 0.1) is 0 Å². The molecule has 0 aliphatic heterocycles. The Hall–Kier alpha value is -0.530. The summed E-state index contributed by atoms with van der Waals surface area (Å²) in [5.74, 6) is 0. The molecule has 0 saturated heterocycles. The van der Waals surface area contributed by atoms with Crippen LogP contribution < -0.4 is 5.32 Å². The average molecular weight is 226 g/mol. The van der Waals surface area contributed by atoms with Gasteiger partial charge in [0.1, 0.15) is 0 Å². The van der Waals surface area contributed by atoms with Crippen LogP contribution in [0.3, 0.4) is 0 Å². The summed E-state index contributed by atoms with van der Waals surface area (Å²) < 4.78 is 0. The molecular weight excluding hydrogens is 206 g/mol. The molecule has 0 radical (unpaired) electrons. The predicted octanol–water partition coefficient (Wildman–Crippen LogP) is 3.66. The van der Waals surface area contributed by atoms with Crippen molar-refractivity contribution in [3.8, 4) is 0 Å². The van der Waals surface area contributed by atoms with Crippen molar-refractivity contribution in [3.05, 3.63) is 34.9 Å². The smallest absolute Gasteiger partial charge is 0.0437 e. The van der Waals surface area contributed by atoms with Gasteiger partial charge in [0, 0.05) is 11.1 Å². The van der Waals surface area contributed by atoms with Gasteiger partial charge in [0.05, 0.1) is 0 Å². The molecule has 0 aromatic heterocycles. The minimum Gasteiger partial charge on any atom is -0.314 e. The van der Waals surface area contributed by atoms with E-state index in [-0.39, 0.29) is 0 Å². The van der Waals surface area contributed by atoms with Gasteiger partial charge in [0.25, 0.3) is 0 Å². The van der Waals surface area contributed by atoms with Crippen LogP contribution in [0.1, 0.15) is 32.3 Å². The maximum Gasteiger partial charge on any atom is 0.0437 e. The Kier molecular flexibility index (Phi) is 5.74. The second-order valence-corrected chi connectivity index (χ2v) is 4.39. The number of halogens is 1. The molecule has 0 bridgehead atoms. The second kappa shape index (κ2) is 6.86. The molecule has 84 valence electrons. The van der Waals surface area contributed by atoms with Crippen LogP contribution in [0.25, 0.3) is 0 Å². The molecule has 1 aromatic carbocycles. The Labute approximate surface area is 97.8 Å². The molecule has 0 aliphatic rings. The van der Waals surface area contributed by atoms with Gasteiger partial charge < -0.3 is 5.32 Å².